The maximum Gasteiger partial charge on any atom is 0.228 e. The molecule has 0 spiro atoms. The van der Waals surface area contributed by atoms with E-state index in [9.17, 15) is 18.0 Å². The third-order valence-corrected chi connectivity index (χ3v) is 7.18. The summed E-state index contributed by atoms with van der Waals surface area (Å²) in [5.74, 6) is -0.436. The van der Waals surface area contributed by atoms with Gasteiger partial charge in [0.05, 0.1) is 17.4 Å². The van der Waals surface area contributed by atoms with Crippen LogP contribution in [0.4, 0.5) is 11.4 Å². The minimum Gasteiger partial charge on any atom is -0.378 e. The molecule has 148 valence electrons. The summed E-state index contributed by atoms with van der Waals surface area (Å²) in [4.78, 5) is 30.8. The van der Waals surface area contributed by atoms with Crippen LogP contribution in [0.1, 0.15) is 19.8 Å². The highest BCUT2D eigenvalue weighted by Gasteiger charge is 2.41. The second-order valence-electron chi connectivity index (χ2n) is 7.50. The van der Waals surface area contributed by atoms with Gasteiger partial charge in [0.15, 0.2) is 9.84 Å². The average molecular weight is 394 g/mol. The minimum absolute atomic E-state index is 0.0307. The van der Waals surface area contributed by atoms with Gasteiger partial charge in [-0.1, -0.05) is 0 Å². The molecular weight excluding hydrogens is 366 g/mol. The number of sulfone groups is 1. The fourth-order valence-electron chi connectivity index (χ4n) is 3.90. The standard InChI is InChI=1S/C19H27N3O4S/c1-4-21(17-9-10-27(25,26)13-17)19(24)14-11-18(23)22(12-14)16-7-5-15(6-8-16)20(2)3/h5-8,14,17H,4,9-13H2,1-3H3. The zero-order valence-corrected chi connectivity index (χ0v) is 16.9. The van der Waals surface area contributed by atoms with Crippen molar-refractivity contribution in [2.24, 2.45) is 5.92 Å². The van der Waals surface area contributed by atoms with E-state index < -0.39 is 15.8 Å². The van der Waals surface area contributed by atoms with Crippen molar-refractivity contribution in [2.75, 3.05) is 48.5 Å². The highest BCUT2D eigenvalue weighted by atomic mass is 32.2. The molecule has 0 saturated carbocycles. The zero-order valence-electron chi connectivity index (χ0n) is 16.1. The van der Waals surface area contributed by atoms with Crippen molar-refractivity contribution in [2.45, 2.75) is 25.8 Å². The van der Waals surface area contributed by atoms with Gasteiger partial charge >= 0.3 is 0 Å². The summed E-state index contributed by atoms with van der Waals surface area (Å²) < 4.78 is 23.5. The molecule has 0 aliphatic carbocycles. The molecule has 8 heteroatoms. The molecule has 2 saturated heterocycles. The molecule has 2 aliphatic heterocycles. The maximum atomic E-state index is 13.0. The lowest BCUT2D eigenvalue weighted by atomic mass is 10.1. The summed E-state index contributed by atoms with van der Waals surface area (Å²) in [5, 5.41) is 0. The van der Waals surface area contributed by atoms with Crippen LogP contribution in [0.2, 0.25) is 0 Å². The van der Waals surface area contributed by atoms with Crippen molar-refractivity contribution in [1.82, 2.24) is 4.90 Å². The van der Waals surface area contributed by atoms with E-state index in [0.29, 0.717) is 19.5 Å². The van der Waals surface area contributed by atoms with Crippen molar-refractivity contribution >= 4 is 33.0 Å². The number of hydrogen-bond donors (Lipinski definition) is 0. The Morgan fingerprint density at radius 1 is 1.22 bits per heavy atom. The van der Waals surface area contributed by atoms with Crippen molar-refractivity contribution in [3.05, 3.63) is 24.3 Å². The van der Waals surface area contributed by atoms with Gasteiger partial charge in [0.2, 0.25) is 11.8 Å². The molecule has 2 fully saturated rings. The van der Waals surface area contributed by atoms with Gasteiger partial charge in [-0.3, -0.25) is 9.59 Å². The second-order valence-corrected chi connectivity index (χ2v) is 9.73. The molecule has 2 atom stereocenters. The van der Waals surface area contributed by atoms with E-state index >= 15 is 0 Å². The summed E-state index contributed by atoms with van der Waals surface area (Å²) >= 11 is 0. The Balaban J connectivity index is 1.71. The summed E-state index contributed by atoms with van der Waals surface area (Å²) in [6.45, 7) is 2.66. The molecule has 0 bridgehead atoms. The fourth-order valence-corrected chi connectivity index (χ4v) is 5.63. The van der Waals surface area contributed by atoms with Crippen molar-refractivity contribution in [3.63, 3.8) is 0 Å². The molecule has 3 rings (SSSR count). The maximum absolute atomic E-state index is 13.0. The molecule has 2 aliphatic rings. The van der Waals surface area contributed by atoms with Gasteiger partial charge in [0.25, 0.3) is 0 Å². The van der Waals surface area contributed by atoms with E-state index in [4.69, 9.17) is 0 Å². The van der Waals surface area contributed by atoms with Crippen LogP contribution >= 0.6 is 0 Å². The van der Waals surface area contributed by atoms with Gasteiger partial charge in [0, 0.05) is 51.0 Å². The molecular formula is C19H27N3O4S. The summed E-state index contributed by atoms with van der Waals surface area (Å²) in [5.41, 5.74) is 1.82. The van der Waals surface area contributed by atoms with Gasteiger partial charge < -0.3 is 14.7 Å². The smallest absolute Gasteiger partial charge is 0.228 e. The molecule has 2 unspecified atom stereocenters. The number of hydrogen-bond acceptors (Lipinski definition) is 5. The predicted molar refractivity (Wildman–Crippen MR) is 106 cm³/mol. The summed E-state index contributed by atoms with van der Waals surface area (Å²) in [6.07, 6.45) is 0.655. The highest BCUT2D eigenvalue weighted by Crippen LogP contribution is 2.29. The molecule has 1 aromatic rings. The Kier molecular flexibility index (Phi) is 5.46. The third kappa shape index (κ3) is 4.10. The quantitative estimate of drug-likeness (QED) is 0.750. The summed E-state index contributed by atoms with van der Waals surface area (Å²) in [6, 6.07) is 7.40. The monoisotopic (exact) mass is 393 g/mol. The molecule has 2 heterocycles. The molecule has 0 radical (unpaired) electrons. The first kappa shape index (κ1) is 19.7. The zero-order chi connectivity index (χ0) is 19.8. The van der Waals surface area contributed by atoms with E-state index in [0.717, 1.165) is 11.4 Å². The first-order chi connectivity index (χ1) is 12.7. The summed E-state index contributed by atoms with van der Waals surface area (Å²) in [7, 11) is 0.845. The molecule has 7 nitrogen and oxygen atoms in total. The minimum atomic E-state index is -3.06. The normalized spacial score (nSPS) is 24.3. The molecule has 2 amide bonds. The molecule has 0 aromatic heterocycles. The van der Waals surface area contributed by atoms with Gasteiger partial charge in [0.1, 0.15) is 0 Å². The van der Waals surface area contributed by atoms with Gasteiger partial charge in [-0.05, 0) is 37.6 Å². The van der Waals surface area contributed by atoms with E-state index in [2.05, 4.69) is 0 Å². The van der Waals surface area contributed by atoms with E-state index in [-0.39, 0.29) is 35.8 Å². The van der Waals surface area contributed by atoms with Crippen LogP contribution in [0, 0.1) is 5.92 Å². The Bertz CT molecular complexity index is 820. The number of rotatable bonds is 5. The Hall–Kier alpha value is -2.09. The fraction of sp³-hybridized carbons (Fsp3) is 0.579. The predicted octanol–water partition coefficient (Wildman–Crippen LogP) is 1.14. The van der Waals surface area contributed by atoms with E-state index in [1.54, 1.807) is 9.80 Å². The van der Waals surface area contributed by atoms with Gasteiger partial charge in [-0.25, -0.2) is 8.42 Å². The van der Waals surface area contributed by atoms with Crippen LogP contribution < -0.4 is 9.80 Å². The van der Waals surface area contributed by atoms with Crippen LogP contribution in [-0.4, -0.2) is 69.9 Å². The number of nitrogens with zero attached hydrogens (tertiary/aromatic N) is 3. The van der Waals surface area contributed by atoms with Crippen LogP contribution in [0.15, 0.2) is 24.3 Å². The lowest BCUT2D eigenvalue weighted by Gasteiger charge is -2.29. The second kappa shape index (κ2) is 7.50. The number of amides is 2. The van der Waals surface area contributed by atoms with Crippen LogP contribution in [-0.2, 0) is 19.4 Å². The lowest BCUT2D eigenvalue weighted by Crippen LogP contribution is -2.44. The Labute approximate surface area is 160 Å². The molecule has 0 N–H and O–H groups in total. The third-order valence-electron chi connectivity index (χ3n) is 5.42. The van der Waals surface area contributed by atoms with Gasteiger partial charge in [-0.2, -0.15) is 0 Å². The largest absolute Gasteiger partial charge is 0.378 e. The SMILES string of the molecule is CCN(C(=O)C1CC(=O)N(c2ccc(N(C)C)cc2)C1)C1CCS(=O)(=O)C1. The number of benzene rings is 1. The number of carbonyl (C=O) groups excluding carboxylic acids is 2. The van der Waals surface area contributed by atoms with Crippen LogP contribution in [0.3, 0.4) is 0 Å². The topological polar surface area (TPSA) is 78.0 Å². The van der Waals surface area contributed by atoms with Crippen molar-refractivity contribution < 1.29 is 18.0 Å². The Morgan fingerprint density at radius 2 is 1.89 bits per heavy atom. The van der Waals surface area contributed by atoms with Crippen LogP contribution in [0.5, 0.6) is 0 Å². The average Bonchev–Trinajstić information content (AvgIpc) is 3.18. The number of carbonyl (C=O) groups is 2. The Morgan fingerprint density at radius 3 is 2.41 bits per heavy atom. The van der Waals surface area contributed by atoms with Crippen molar-refractivity contribution in [3.8, 4) is 0 Å². The van der Waals surface area contributed by atoms with Crippen LogP contribution in [0.25, 0.3) is 0 Å². The number of anilines is 2. The van der Waals surface area contributed by atoms with E-state index in [1.807, 2.05) is 50.2 Å². The first-order valence-electron chi connectivity index (χ1n) is 9.30. The van der Waals surface area contributed by atoms with Crippen molar-refractivity contribution in [1.29, 1.82) is 0 Å². The van der Waals surface area contributed by atoms with Gasteiger partial charge in [-0.15, -0.1) is 0 Å². The molecule has 1 aromatic carbocycles. The van der Waals surface area contributed by atoms with E-state index in [1.165, 1.54) is 0 Å². The lowest BCUT2D eigenvalue weighted by molar-refractivity contribution is -0.137. The molecule has 27 heavy (non-hydrogen) atoms. The first-order valence-corrected chi connectivity index (χ1v) is 11.1. The highest BCUT2D eigenvalue weighted by molar-refractivity contribution is 7.91.